The predicted molar refractivity (Wildman–Crippen MR) is 128 cm³/mol. The Bertz CT molecular complexity index is 1140. The van der Waals surface area contributed by atoms with Gasteiger partial charge in [0.1, 0.15) is 5.82 Å². The van der Waals surface area contributed by atoms with Crippen molar-refractivity contribution in [1.29, 1.82) is 0 Å². The lowest BCUT2D eigenvalue weighted by Gasteiger charge is -2.33. The number of halogens is 2. The third-order valence-electron chi connectivity index (χ3n) is 5.77. The summed E-state index contributed by atoms with van der Waals surface area (Å²) in [6, 6.07) is 20.5. The van der Waals surface area contributed by atoms with Crippen molar-refractivity contribution in [2.45, 2.75) is 25.3 Å². The molecule has 3 amide bonds. The molecule has 4 rings (SSSR count). The fraction of sp³-hybridized carbons (Fsp3) is 0.231. The van der Waals surface area contributed by atoms with Crippen molar-refractivity contribution >= 4 is 29.2 Å². The summed E-state index contributed by atoms with van der Waals surface area (Å²) in [4.78, 5) is 27.2. The third-order valence-corrected chi connectivity index (χ3v) is 6.02. The summed E-state index contributed by atoms with van der Waals surface area (Å²) in [6.07, 6.45) is 1.83. The van der Waals surface area contributed by atoms with Crippen LogP contribution in [0.4, 0.5) is 14.9 Å². The molecule has 1 aliphatic heterocycles. The van der Waals surface area contributed by atoms with Crippen LogP contribution in [0.5, 0.6) is 0 Å². The molecule has 170 valence electrons. The maximum Gasteiger partial charge on any atom is 0.321 e. The van der Waals surface area contributed by atoms with Gasteiger partial charge in [-0.15, -0.1) is 0 Å². The van der Waals surface area contributed by atoms with Gasteiger partial charge in [0.25, 0.3) is 5.91 Å². The molecule has 0 saturated carbocycles. The zero-order chi connectivity index (χ0) is 23.2. The standard InChI is InChI=1S/C26H25ClFN3O2/c27-22-9-11-24(12-10-22)30-26(33)31-13-3-7-21(17-31)19-5-2-6-20(15-19)25(32)29-16-18-4-1-8-23(28)14-18/h1-2,4-6,8-12,14-15,21H,3,7,13,16-17H2,(H,29,32)(H,30,33)/t21-/m0/s1. The molecule has 0 aliphatic carbocycles. The highest BCUT2D eigenvalue weighted by atomic mass is 35.5. The number of carbonyl (C=O) groups is 2. The van der Waals surface area contributed by atoms with Gasteiger partial charge in [0.2, 0.25) is 0 Å². The summed E-state index contributed by atoms with van der Waals surface area (Å²) >= 11 is 5.91. The van der Waals surface area contributed by atoms with Gasteiger partial charge in [0.15, 0.2) is 0 Å². The number of carbonyl (C=O) groups excluding carboxylic acids is 2. The predicted octanol–water partition coefficient (Wildman–Crippen LogP) is 5.82. The van der Waals surface area contributed by atoms with E-state index in [4.69, 9.17) is 11.6 Å². The van der Waals surface area contributed by atoms with Crippen LogP contribution in [0.25, 0.3) is 0 Å². The maximum absolute atomic E-state index is 13.3. The first-order valence-electron chi connectivity index (χ1n) is 10.9. The van der Waals surface area contributed by atoms with Crippen molar-refractivity contribution in [1.82, 2.24) is 10.2 Å². The molecule has 0 radical (unpaired) electrons. The molecule has 0 unspecified atom stereocenters. The van der Waals surface area contributed by atoms with Crippen LogP contribution in [-0.2, 0) is 6.54 Å². The second kappa shape index (κ2) is 10.5. The largest absolute Gasteiger partial charge is 0.348 e. The number of benzene rings is 3. The minimum absolute atomic E-state index is 0.144. The van der Waals surface area contributed by atoms with E-state index in [1.165, 1.54) is 12.1 Å². The average Bonchev–Trinajstić information content (AvgIpc) is 2.84. The Balaban J connectivity index is 1.38. The van der Waals surface area contributed by atoms with Gasteiger partial charge in [0, 0.05) is 41.8 Å². The summed E-state index contributed by atoms with van der Waals surface area (Å²) in [7, 11) is 0. The van der Waals surface area contributed by atoms with E-state index >= 15 is 0 Å². The molecule has 1 saturated heterocycles. The average molecular weight is 466 g/mol. The number of nitrogens with zero attached hydrogens (tertiary/aromatic N) is 1. The minimum atomic E-state index is -0.328. The van der Waals surface area contributed by atoms with Gasteiger partial charge in [0.05, 0.1) is 0 Å². The zero-order valence-corrected chi connectivity index (χ0v) is 18.8. The molecule has 7 heteroatoms. The zero-order valence-electron chi connectivity index (χ0n) is 18.1. The Kier molecular flexibility index (Phi) is 7.25. The number of nitrogens with one attached hydrogen (secondary N) is 2. The van der Waals surface area contributed by atoms with Crippen molar-refractivity contribution < 1.29 is 14.0 Å². The van der Waals surface area contributed by atoms with Crippen LogP contribution in [0.15, 0.2) is 72.8 Å². The quantitative estimate of drug-likeness (QED) is 0.498. The molecule has 2 N–H and O–H groups in total. The van der Waals surface area contributed by atoms with E-state index in [1.54, 1.807) is 47.4 Å². The number of likely N-dealkylation sites (tertiary alicyclic amines) is 1. The van der Waals surface area contributed by atoms with E-state index in [1.807, 2.05) is 18.2 Å². The van der Waals surface area contributed by atoms with E-state index in [2.05, 4.69) is 10.6 Å². The highest BCUT2D eigenvalue weighted by molar-refractivity contribution is 6.30. The Morgan fingerprint density at radius 2 is 1.82 bits per heavy atom. The number of rotatable bonds is 5. The lowest BCUT2D eigenvalue weighted by molar-refractivity contribution is 0.0950. The van der Waals surface area contributed by atoms with E-state index in [-0.39, 0.29) is 30.2 Å². The van der Waals surface area contributed by atoms with Crippen LogP contribution in [0.3, 0.4) is 0 Å². The number of hydrogen-bond acceptors (Lipinski definition) is 2. The second-order valence-corrected chi connectivity index (χ2v) is 8.60. The molecule has 0 aromatic heterocycles. The van der Waals surface area contributed by atoms with Crippen LogP contribution in [0, 0.1) is 5.82 Å². The fourth-order valence-electron chi connectivity index (χ4n) is 4.03. The van der Waals surface area contributed by atoms with Crippen molar-refractivity contribution in [3.05, 3.63) is 100 Å². The lowest BCUT2D eigenvalue weighted by Crippen LogP contribution is -2.41. The topological polar surface area (TPSA) is 61.4 Å². The summed E-state index contributed by atoms with van der Waals surface area (Å²) in [5.74, 6) is -0.398. The first kappa shape index (κ1) is 22.8. The van der Waals surface area contributed by atoms with Gasteiger partial charge in [-0.3, -0.25) is 4.79 Å². The number of urea groups is 1. The van der Waals surface area contributed by atoms with Crippen molar-refractivity contribution in [3.8, 4) is 0 Å². The van der Waals surface area contributed by atoms with Gasteiger partial charge >= 0.3 is 6.03 Å². The molecule has 3 aromatic carbocycles. The number of anilines is 1. The second-order valence-electron chi connectivity index (χ2n) is 8.16. The Hall–Kier alpha value is -3.38. The van der Waals surface area contributed by atoms with Crippen molar-refractivity contribution in [2.75, 3.05) is 18.4 Å². The van der Waals surface area contributed by atoms with Gasteiger partial charge < -0.3 is 15.5 Å². The highest BCUT2D eigenvalue weighted by Crippen LogP contribution is 2.28. The van der Waals surface area contributed by atoms with Crippen LogP contribution in [0.2, 0.25) is 5.02 Å². The van der Waals surface area contributed by atoms with Gasteiger partial charge in [-0.25, -0.2) is 9.18 Å². The normalized spacial score (nSPS) is 15.7. The first-order valence-corrected chi connectivity index (χ1v) is 11.3. The Labute approximate surface area is 197 Å². The molecule has 1 atom stereocenters. The third kappa shape index (κ3) is 6.11. The van der Waals surface area contributed by atoms with E-state index in [0.717, 1.165) is 18.4 Å². The Morgan fingerprint density at radius 1 is 1.03 bits per heavy atom. The maximum atomic E-state index is 13.3. The molecular formula is C26H25ClFN3O2. The monoisotopic (exact) mass is 465 g/mol. The number of hydrogen-bond donors (Lipinski definition) is 2. The molecule has 3 aromatic rings. The number of piperidine rings is 1. The number of amides is 3. The van der Waals surface area contributed by atoms with Crippen LogP contribution < -0.4 is 10.6 Å². The van der Waals surface area contributed by atoms with Crippen molar-refractivity contribution in [3.63, 3.8) is 0 Å². The van der Waals surface area contributed by atoms with E-state index in [0.29, 0.717) is 34.9 Å². The smallest absolute Gasteiger partial charge is 0.321 e. The van der Waals surface area contributed by atoms with Crippen LogP contribution >= 0.6 is 11.6 Å². The van der Waals surface area contributed by atoms with Crippen molar-refractivity contribution in [2.24, 2.45) is 0 Å². The van der Waals surface area contributed by atoms with Gasteiger partial charge in [-0.2, -0.15) is 0 Å². The molecule has 0 bridgehead atoms. The molecule has 33 heavy (non-hydrogen) atoms. The molecule has 1 heterocycles. The molecule has 1 aliphatic rings. The SMILES string of the molecule is O=C(NCc1cccc(F)c1)c1cccc([C@H]2CCCN(C(=O)Nc3ccc(Cl)cc3)C2)c1. The summed E-state index contributed by atoms with van der Waals surface area (Å²) in [5.41, 5.74) is 2.97. The highest BCUT2D eigenvalue weighted by Gasteiger charge is 2.25. The van der Waals surface area contributed by atoms with E-state index < -0.39 is 0 Å². The summed E-state index contributed by atoms with van der Waals surface area (Å²) in [5, 5.41) is 6.37. The van der Waals surface area contributed by atoms with E-state index in [9.17, 15) is 14.0 Å². The lowest BCUT2D eigenvalue weighted by atomic mass is 9.89. The van der Waals surface area contributed by atoms with Crippen LogP contribution in [0.1, 0.15) is 40.2 Å². The molecule has 5 nitrogen and oxygen atoms in total. The minimum Gasteiger partial charge on any atom is -0.348 e. The first-order chi connectivity index (χ1) is 16.0. The van der Waals surface area contributed by atoms with Gasteiger partial charge in [-0.05, 0) is 72.5 Å². The molecule has 0 spiro atoms. The van der Waals surface area contributed by atoms with Gasteiger partial charge in [-0.1, -0.05) is 35.9 Å². The summed E-state index contributed by atoms with van der Waals surface area (Å²) in [6.45, 7) is 1.51. The Morgan fingerprint density at radius 3 is 2.61 bits per heavy atom. The fourth-order valence-corrected chi connectivity index (χ4v) is 4.16. The summed E-state index contributed by atoms with van der Waals surface area (Å²) < 4.78 is 13.3. The van der Waals surface area contributed by atoms with Crippen LogP contribution in [-0.4, -0.2) is 29.9 Å². The molecular weight excluding hydrogens is 441 g/mol. The molecule has 1 fully saturated rings.